The highest BCUT2D eigenvalue weighted by molar-refractivity contribution is 8.06. The average molecular weight is 259 g/mol. The zero-order valence-electron chi connectivity index (χ0n) is 8.06. The highest BCUT2D eigenvalue weighted by Crippen LogP contribution is 2.31. The molecule has 1 nitrogen and oxygen atoms in total. The van der Waals surface area contributed by atoms with Crippen LogP contribution >= 0.6 is 35.6 Å². The van der Waals surface area contributed by atoms with Crippen molar-refractivity contribution in [3.8, 4) is 0 Å². The number of benzene rings is 1. The Hall–Kier alpha value is -0.250. The summed E-state index contributed by atoms with van der Waals surface area (Å²) >= 11 is 13.2. The van der Waals surface area contributed by atoms with E-state index in [0.717, 1.165) is 5.56 Å². The first kappa shape index (κ1) is 11.2. The predicted octanol–water partition coefficient (Wildman–Crippen LogP) is 3.43. The minimum atomic E-state index is -0.315. The fourth-order valence-corrected chi connectivity index (χ4v) is 1.98. The number of hydrogen-bond acceptors (Lipinski definition) is 3. The first-order chi connectivity index (χ1) is 7.27. The molecule has 0 N–H and O–H groups in total. The van der Waals surface area contributed by atoms with E-state index in [2.05, 4.69) is 0 Å². The van der Waals surface area contributed by atoms with Crippen molar-refractivity contribution in [1.82, 2.24) is 0 Å². The number of rotatable bonds is 4. The molecule has 0 radical (unpaired) electrons. The molecule has 0 aliphatic carbocycles. The molecule has 15 heavy (non-hydrogen) atoms. The zero-order valence-corrected chi connectivity index (χ0v) is 10.4. The van der Waals surface area contributed by atoms with Crippen LogP contribution in [0, 0.1) is 0 Å². The van der Waals surface area contributed by atoms with Crippen LogP contribution in [0.2, 0.25) is 0 Å². The average Bonchev–Trinajstić information content (AvgIpc) is 3.10. The van der Waals surface area contributed by atoms with Gasteiger partial charge in [-0.3, -0.25) is 0 Å². The Balaban J connectivity index is 1.88. The summed E-state index contributed by atoms with van der Waals surface area (Å²) in [5.41, 5.74) is 0.993. The summed E-state index contributed by atoms with van der Waals surface area (Å²) in [5.74, 6) is 1.18. The van der Waals surface area contributed by atoms with E-state index in [0.29, 0.717) is 16.9 Å². The van der Waals surface area contributed by atoms with Crippen molar-refractivity contribution in [3.63, 3.8) is 0 Å². The van der Waals surface area contributed by atoms with Gasteiger partial charge in [0, 0.05) is 11.0 Å². The largest absolute Gasteiger partial charge is 0.484 e. The Morgan fingerprint density at radius 1 is 1.53 bits per heavy atom. The maximum Gasteiger partial charge on any atom is 0.182 e. The van der Waals surface area contributed by atoms with Crippen molar-refractivity contribution in [2.45, 2.75) is 10.6 Å². The second kappa shape index (κ2) is 5.19. The summed E-state index contributed by atoms with van der Waals surface area (Å²) in [6.45, 7) is 0.694. The normalized spacial score (nSPS) is 20.7. The first-order valence-electron chi connectivity index (χ1n) is 4.74. The quantitative estimate of drug-likeness (QED) is 0.465. The van der Waals surface area contributed by atoms with Gasteiger partial charge in [0.1, 0.15) is 12.0 Å². The lowest BCUT2D eigenvalue weighted by Gasteiger charge is -2.12. The van der Waals surface area contributed by atoms with Crippen molar-refractivity contribution in [3.05, 3.63) is 35.9 Å². The molecule has 0 spiro atoms. The van der Waals surface area contributed by atoms with Crippen LogP contribution in [0.5, 0.6) is 0 Å². The highest BCUT2D eigenvalue weighted by Gasteiger charge is 2.25. The third-order valence-corrected chi connectivity index (χ3v) is 3.99. The summed E-state index contributed by atoms with van der Waals surface area (Å²) in [4.78, 5) is 0. The van der Waals surface area contributed by atoms with Crippen LogP contribution in [0.4, 0.5) is 0 Å². The maximum absolute atomic E-state index is 6.19. The maximum atomic E-state index is 6.19. The SMILES string of the molecule is S=C(OC[C@H]1CS1)C(Cl)c1ccccc1. The van der Waals surface area contributed by atoms with Gasteiger partial charge in [-0.05, 0) is 17.8 Å². The molecule has 2 rings (SSSR count). The smallest absolute Gasteiger partial charge is 0.182 e. The van der Waals surface area contributed by atoms with E-state index in [9.17, 15) is 0 Å². The van der Waals surface area contributed by atoms with E-state index in [-0.39, 0.29) is 5.38 Å². The number of thioether (sulfide) groups is 1. The monoisotopic (exact) mass is 258 g/mol. The number of thiocarbonyl (C=S) groups is 1. The number of halogens is 1. The van der Waals surface area contributed by atoms with Crippen molar-refractivity contribution in [2.24, 2.45) is 0 Å². The molecule has 1 fully saturated rings. The van der Waals surface area contributed by atoms with Gasteiger partial charge in [-0.1, -0.05) is 30.3 Å². The molecule has 1 heterocycles. The molecule has 1 saturated heterocycles. The Kier molecular flexibility index (Phi) is 3.89. The molecule has 1 aromatic rings. The van der Waals surface area contributed by atoms with E-state index in [1.807, 2.05) is 42.1 Å². The Labute approximate surface area is 104 Å². The number of alkyl halides is 1. The predicted molar refractivity (Wildman–Crippen MR) is 69.8 cm³/mol. The van der Waals surface area contributed by atoms with E-state index in [1.54, 1.807) is 0 Å². The first-order valence-corrected chi connectivity index (χ1v) is 6.64. The van der Waals surface area contributed by atoms with Crippen molar-refractivity contribution in [2.75, 3.05) is 12.4 Å². The van der Waals surface area contributed by atoms with Gasteiger partial charge in [0.05, 0.1) is 0 Å². The third kappa shape index (κ3) is 3.37. The lowest BCUT2D eigenvalue weighted by Crippen LogP contribution is -2.12. The topological polar surface area (TPSA) is 9.23 Å². The van der Waals surface area contributed by atoms with Crippen LogP contribution in [-0.4, -0.2) is 22.7 Å². The van der Waals surface area contributed by atoms with E-state index in [4.69, 9.17) is 28.6 Å². The summed E-state index contributed by atoms with van der Waals surface area (Å²) in [7, 11) is 0. The molecule has 4 heteroatoms. The molecule has 0 saturated carbocycles. The minimum Gasteiger partial charge on any atom is -0.484 e. The Morgan fingerprint density at radius 3 is 2.80 bits per heavy atom. The standard InChI is InChI=1S/C11H11ClOS2/c12-10(8-4-2-1-3-5-8)11(14)13-6-9-7-15-9/h1-5,9-10H,6-7H2/t9-,10?/m0/s1. The van der Waals surface area contributed by atoms with Crippen LogP contribution in [0.15, 0.2) is 30.3 Å². The summed E-state index contributed by atoms with van der Waals surface area (Å²) in [5, 5.41) is 0.794. The van der Waals surface area contributed by atoms with Gasteiger partial charge in [-0.2, -0.15) is 11.8 Å². The van der Waals surface area contributed by atoms with Gasteiger partial charge in [0.25, 0.3) is 0 Å². The van der Waals surface area contributed by atoms with Gasteiger partial charge in [-0.25, -0.2) is 0 Å². The van der Waals surface area contributed by atoms with E-state index >= 15 is 0 Å². The van der Waals surface area contributed by atoms with Crippen LogP contribution in [0.3, 0.4) is 0 Å². The molecule has 0 amide bonds. The van der Waals surface area contributed by atoms with Crippen LogP contribution in [0.25, 0.3) is 0 Å². The molecule has 0 aromatic heterocycles. The summed E-state index contributed by atoms with van der Waals surface area (Å²) in [6.07, 6.45) is 0. The lowest BCUT2D eigenvalue weighted by atomic mass is 10.1. The molecule has 1 aromatic carbocycles. The second-order valence-electron chi connectivity index (χ2n) is 3.36. The van der Waals surface area contributed by atoms with Gasteiger partial charge in [0.15, 0.2) is 5.05 Å². The van der Waals surface area contributed by atoms with Gasteiger partial charge < -0.3 is 4.74 Å². The van der Waals surface area contributed by atoms with Crippen molar-refractivity contribution >= 4 is 40.6 Å². The molecule has 1 unspecified atom stereocenters. The van der Waals surface area contributed by atoms with Gasteiger partial charge in [0.2, 0.25) is 0 Å². The Bertz CT molecular complexity index is 338. The van der Waals surface area contributed by atoms with Crippen LogP contribution in [0.1, 0.15) is 10.9 Å². The molecular formula is C11H11ClOS2. The van der Waals surface area contributed by atoms with Crippen LogP contribution < -0.4 is 0 Å². The van der Waals surface area contributed by atoms with Crippen molar-refractivity contribution in [1.29, 1.82) is 0 Å². The molecule has 80 valence electrons. The van der Waals surface area contributed by atoms with Gasteiger partial charge in [-0.15, -0.1) is 11.6 Å². The van der Waals surface area contributed by atoms with E-state index < -0.39 is 0 Å². The van der Waals surface area contributed by atoms with E-state index in [1.165, 1.54) is 5.75 Å². The molecular weight excluding hydrogens is 248 g/mol. The van der Waals surface area contributed by atoms with Gasteiger partial charge >= 0.3 is 0 Å². The molecule has 0 bridgehead atoms. The lowest BCUT2D eigenvalue weighted by molar-refractivity contribution is 0.318. The summed E-state index contributed by atoms with van der Waals surface area (Å²) in [6, 6.07) is 9.77. The fraction of sp³-hybridized carbons (Fsp3) is 0.364. The summed E-state index contributed by atoms with van der Waals surface area (Å²) < 4.78 is 5.46. The zero-order chi connectivity index (χ0) is 10.7. The fourth-order valence-electron chi connectivity index (χ4n) is 1.17. The number of ether oxygens (including phenoxy) is 1. The molecule has 2 atom stereocenters. The highest BCUT2D eigenvalue weighted by atomic mass is 35.5. The minimum absolute atomic E-state index is 0.315. The second-order valence-corrected chi connectivity index (χ2v) is 5.53. The molecule has 1 aliphatic heterocycles. The number of hydrogen-bond donors (Lipinski definition) is 0. The Morgan fingerprint density at radius 2 is 2.20 bits per heavy atom. The van der Waals surface area contributed by atoms with Crippen molar-refractivity contribution < 1.29 is 4.74 Å². The third-order valence-electron chi connectivity index (χ3n) is 2.11. The van der Waals surface area contributed by atoms with Crippen LogP contribution in [-0.2, 0) is 4.74 Å². The molecule has 1 aliphatic rings.